The van der Waals surface area contributed by atoms with Gasteiger partial charge in [0.1, 0.15) is 0 Å². The zero-order valence-electron chi connectivity index (χ0n) is 16.8. The van der Waals surface area contributed by atoms with E-state index in [4.69, 9.17) is 11.6 Å². The van der Waals surface area contributed by atoms with Crippen molar-refractivity contribution in [1.82, 2.24) is 4.41 Å². The maximum absolute atomic E-state index is 13.3. The van der Waals surface area contributed by atoms with Gasteiger partial charge in [-0.25, -0.2) is 0 Å². The van der Waals surface area contributed by atoms with Gasteiger partial charge in [-0.1, -0.05) is 44.5 Å². The highest BCUT2D eigenvalue weighted by atomic mass is 35.5. The van der Waals surface area contributed by atoms with Gasteiger partial charge in [-0.3, -0.25) is 0 Å². The van der Waals surface area contributed by atoms with Crippen LogP contribution >= 0.6 is 11.6 Å². The lowest BCUT2D eigenvalue weighted by Gasteiger charge is -2.33. The Kier molecular flexibility index (Phi) is 5.47. The van der Waals surface area contributed by atoms with Gasteiger partial charge in [0.25, 0.3) is 10.0 Å². The van der Waals surface area contributed by atoms with Gasteiger partial charge in [0.15, 0.2) is 0 Å². The first-order valence-electron chi connectivity index (χ1n) is 9.15. The lowest BCUT2D eigenvalue weighted by Crippen LogP contribution is -2.41. The first-order valence-corrected chi connectivity index (χ1v) is 11.0. The number of nitrogens with zero attached hydrogens (tertiary/aromatic N) is 3. The lowest BCUT2D eigenvalue weighted by molar-refractivity contribution is 0.203. The molecule has 3 rings (SSSR count). The predicted molar refractivity (Wildman–Crippen MR) is 116 cm³/mol. The fraction of sp³-hybridized carbons (Fsp3) is 0.381. The molecule has 0 saturated carbocycles. The summed E-state index contributed by atoms with van der Waals surface area (Å²) in [4.78, 5) is 2.22. The van der Waals surface area contributed by atoms with Crippen LogP contribution in [0.5, 0.6) is 0 Å². The van der Waals surface area contributed by atoms with Crippen LogP contribution in [0, 0.1) is 5.41 Å². The van der Waals surface area contributed by atoms with Crippen LogP contribution in [0.3, 0.4) is 0 Å². The van der Waals surface area contributed by atoms with Crippen molar-refractivity contribution >= 4 is 33.0 Å². The molecule has 0 bridgehead atoms. The van der Waals surface area contributed by atoms with Crippen molar-refractivity contribution < 1.29 is 8.42 Å². The Bertz CT molecular complexity index is 976. The average Bonchev–Trinajstić information content (AvgIpc) is 3.09. The maximum Gasteiger partial charge on any atom is 0.279 e. The van der Waals surface area contributed by atoms with Gasteiger partial charge in [0.2, 0.25) is 0 Å². The predicted octanol–water partition coefficient (Wildman–Crippen LogP) is 4.62. The molecule has 2 aromatic carbocycles. The molecule has 5 nitrogen and oxygen atoms in total. The van der Waals surface area contributed by atoms with E-state index in [0.717, 1.165) is 17.0 Å². The zero-order chi connectivity index (χ0) is 20.7. The number of benzene rings is 2. The smallest absolute Gasteiger partial charge is 0.279 e. The van der Waals surface area contributed by atoms with E-state index in [-0.39, 0.29) is 16.4 Å². The molecule has 1 aliphatic rings. The summed E-state index contributed by atoms with van der Waals surface area (Å²) in [5, 5.41) is 5.06. The first-order chi connectivity index (χ1) is 13.0. The maximum atomic E-state index is 13.3. The fourth-order valence-corrected chi connectivity index (χ4v) is 4.95. The van der Waals surface area contributed by atoms with Crippen LogP contribution in [0.1, 0.15) is 32.8 Å². The van der Waals surface area contributed by atoms with E-state index in [0.29, 0.717) is 11.4 Å². The molecule has 0 aliphatic carbocycles. The van der Waals surface area contributed by atoms with Crippen LogP contribution in [0.4, 0.5) is 5.69 Å². The molecule has 0 fully saturated rings. The van der Waals surface area contributed by atoms with Crippen molar-refractivity contribution in [2.24, 2.45) is 10.5 Å². The standard InChI is InChI=1S/C21H26ClN3O2S/c1-21(2,3)20-14-19(15-6-10-17(11-7-15)24(4)5)23-25(20)28(26,27)18-12-8-16(22)9-13-18/h6-13,20H,14H2,1-5H3/t20-/m0/s1. The van der Waals surface area contributed by atoms with Gasteiger partial charge in [0, 0.05) is 31.2 Å². The van der Waals surface area contributed by atoms with E-state index in [1.807, 2.05) is 64.0 Å². The van der Waals surface area contributed by atoms with Gasteiger partial charge in [0.05, 0.1) is 16.6 Å². The number of hydrazone groups is 1. The van der Waals surface area contributed by atoms with Crippen LogP contribution in [-0.2, 0) is 10.0 Å². The molecule has 1 atom stereocenters. The largest absolute Gasteiger partial charge is 0.378 e. The summed E-state index contributed by atoms with van der Waals surface area (Å²) in [5.74, 6) is 0. The van der Waals surface area contributed by atoms with Crippen LogP contribution < -0.4 is 4.90 Å². The van der Waals surface area contributed by atoms with Crippen molar-refractivity contribution in [2.75, 3.05) is 19.0 Å². The molecule has 150 valence electrons. The molecule has 0 amide bonds. The fourth-order valence-electron chi connectivity index (χ4n) is 3.19. The second-order valence-electron chi connectivity index (χ2n) is 8.31. The highest BCUT2D eigenvalue weighted by molar-refractivity contribution is 7.89. The molecule has 0 unspecified atom stereocenters. The molecule has 1 aliphatic heterocycles. The Morgan fingerprint density at radius 2 is 1.61 bits per heavy atom. The molecule has 28 heavy (non-hydrogen) atoms. The quantitative estimate of drug-likeness (QED) is 0.726. The first kappa shape index (κ1) is 20.7. The van der Waals surface area contributed by atoms with E-state index in [2.05, 4.69) is 5.10 Å². The van der Waals surface area contributed by atoms with Crippen molar-refractivity contribution in [2.45, 2.75) is 38.1 Å². The van der Waals surface area contributed by atoms with E-state index >= 15 is 0 Å². The van der Waals surface area contributed by atoms with Gasteiger partial charge in [-0.15, -0.1) is 0 Å². The minimum atomic E-state index is -3.77. The number of hydrogen-bond donors (Lipinski definition) is 0. The molecular formula is C21H26ClN3O2S. The zero-order valence-corrected chi connectivity index (χ0v) is 18.4. The number of halogens is 1. The highest BCUT2D eigenvalue weighted by Crippen LogP contribution is 2.37. The van der Waals surface area contributed by atoms with Gasteiger partial charge in [-0.05, 0) is 47.4 Å². The number of sulfonamides is 1. The summed E-state index contributed by atoms with van der Waals surface area (Å²) in [5.41, 5.74) is 2.53. The van der Waals surface area contributed by atoms with Gasteiger partial charge >= 0.3 is 0 Å². The summed E-state index contributed by atoms with van der Waals surface area (Å²) in [6, 6.07) is 14.0. The molecule has 0 radical (unpaired) electrons. The Morgan fingerprint density at radius 3 is 2.11 bits per heavy atom. The Morgan fingerprint density at radius 1 is 1.04 bits per heavy atom. The molecular weight excluding hydrogens is 394 g/mol. The van der Waals surface area contributed by atoms with E-state index in [1.54, 1.807) is 12.1 Å². The molecule has 2 aromatic rings. The topological polar surface area (TPSA) is 53.0 Å². The summed E-state index contributed by atoms with van der Waals surface area (Å²) >= 11 is 5.92. The molecule has 0 aromatic heterocycles. The molecule has 0 saturated heterocycles. The van der Waals surface area contributed by atoms with Gasteiger partial charge < -0.3 is 4.90 Å². The third-order valence-electron chi connectivity index (χ3n) is 4.95. The van der Waals surface area contributed by atoms with Crippen LogP contribution in [-0.4, -0.2) is 38.7 Å². The third-order valence-corrected chi connectivity index (χ3v) is 6.90. The summed E-state index contributed by atoms with van der Waals surface area (Å²) in [6.07, 6.45) is 0.567. The molecule has 1 heterocycles. The SMILES string of the molecule is CN(C)c1ccc(C2=NN(S(=O)(=O)c3ccc(Cl)cc3)[C@H](C(C)(C)C)C2)cc1. The summed E-state index contributed by atoms with van der Waals surface area (Å²) < 4.78 is 27.9. The number of hydrogen-bond acceptors (Lipinski definition) is 4. The van der Waals surface area contributed by atoms with Crippen molar-refractivity contribution in [3.05, 3.63) is 59.1 Å². The van der Waals surface area contributed by atoms with Crippen LogP contribution in [0.25, 0.3) is 0 Å². The second kappa shape index (κ2) is 7.41. The second-order valence-corrected chi connectivity index (χ2v) is 10.5. The Labute approximate surface area is 172 Å². The Hall–Kier alpha value is -2.05. The summed E-state index contributed by atoms with van der Waals surface area (Å²) in [6.45, 7) is 6.11. The van der Waals surface area contributed by atoms with Crippen LogP contribution in [0.15, 0.2) is 58.5 Å². The monoisotopic (exact) mass is 419 g/mol. The van der Waals surface area contributed by atoms with Crippen molar-refractivity contribution in [3.63, 3.8) is 0 Å². The highest BCUT2D eigenvalue weighted by Gasteiger charge is 2.42. The number of rotatable bonds is 4. The Balaban J connectivity index is 2.02. The van der Waals surface area contributed by atoms with E-state index in [1.165, 1.54) is 16.5 Å². The van der Waals surface area contributed by atoms with Crippen molar-refractivity contribution in [1.29, 1.82) is 0 Å². The average molecular weight is 420 g/mol. The minimum absolute atomic E-state index is 0.194. The third kappa shape index (κ3) is 4.03. The summed E-state index contributed by atoms with van der Waals surface area (Å²) in [7, 11) is 0.197. The molecule has 7 heteroatoms. The molecule has 0 spiro atoms. The van der Waals surface area contributed by atoms with Crippen LogP contribution in [0.2, 0.25) is 5.02 Å². The lowest BCUT2D eigenvalue weighted by atomic mass is 9.84. The van der Waals surface area contributed by atoms with E-state index < -0.39 is 10.0 Å². The van der Waals surface area contributed by atoms with Crippen molar-refractivity contribution in [3.8, 4) is 0 Å². The minimum Gasteiger partial charge on any atom is -0.378 e. The van der Waals surface area contributed by atoms with E-state index in [9.17, 15) is 8.42 Å². The van der Waals surface area contributed by atoms with Gasteiger partial charge in [-0.2, -0.15) is 17.9 Å². The normalized spacial score (nSPS) is 17.6. The molecule has 0 N–H and O–H groups in total. The number of anilines is 1.